The number of aliphatic hydroxyl groups is 1. The Balaban J connectivity index is 1.90. The zero-order valence-electron chi connectivity index (χ0n) is 14.8. The molecule has 2 aromatic carbocycles. The molecule has 9 heteroatoms. The second-order valence-corrected chi connectivity index (χ2v) is 6.08. The minimum Gasteiger partial charge on any atom is -0.497 e. The summed E-state index contributed by atoms with van der Waals surface area (Å²) >= 11 is 0. The molecular weight excluding hydrogens is 377 g/mol. The van der Waals surface area contributed by atoms with Crippen LogP contribution in [0.2, 0.25) is 0 Å². The van der Waals surface area contributed by atoms with Gasteiger partial charge in [-0.3, -0.25) is 4.79 Å². The number of amides is 1. The fourth-order valence-corrected chi connectivity index (χ4v) is 2.79. The van der Waals surface area contributed by atoms with Crippen LogP contribution < -0.4 is 9.47 Å². The highest BCUT2D eigenvalue weighted by atomic mass is 19.4. The predicted octanol–water partition coefficient (Wildman–Crippen LogP) is 3.07. The Bertz CT molecular complexity index is 886. The Labute approximate surface area is 158 Å². The van der Waals surface area contributed by atoms with Gasteiger partial charge in [-0.2, -0.15) is 23.3 Å². The number of hydrazone groups is 1. The van der Waals surface area contributed by atoms with E-state index in [1.54, 1.807) is 36.4 Å². The summed E-state index contributed by atoms with van der Waals surface area (Å²) in [5.74, 6) is -0.243. The first-order valence-electron chi connectivity index (χ1n) is 8.26. The van der Waals surface area contributed by atoms with Crippen LogP contribution in [0, 0.1) is 0 Å². The lowest BCUT2D eigenvalue weighted by molar-refractivity contribution is -0.160. The lowest BCUT2D eigenvalue weighted by Crippen LogP contribution is -2.45. The number of carbonyl (C=O) groups is 1. The summed E-state index contributed by atoms with van der Waals surface area (Å²) in [6.07, 6.45) is -5.69. The largest absolute Gasteiger partial charge is 0.497 e. The summed E-state index contributed by atoms with van der Waals surface area (Å²) in [4.78, 5) is 12.6. The third-order valence-electron chi connectivity index (χ3n) is 4.19. The molecule has 0 saturated heterocycles. The van der Waals surface area contributed by atoms with E-state index in [-0.39, 0.29) is 5.56 Å². The van der Waals surface area contributed by atoms with Gasteiger partial charge >= 0.3 is 6.18 Å². The molecule has 1 atom stereocenters. The van der Waals surface area contributed by atoms with Gasteiger partial charge in [0.05, 0.1) is 13.5 Å². The van der Waals surface area contributed by atoms with Gasteiger partial charge < -0.3 is 14.6 Å². The van der Waals surface area contributed by atoms with Crippen molar-refractivity contribution in [3.63, 3.8) is 0 Å². The summed E-state index contributed by atoms with van der Waals surface area (Å²) in [6, 6.07) is 14.1. The van der Waals surface area contributed by atoms with E-state index in [4.69, 9.17) is 9.47 Å². The van der Waals surface area contributed by atoms with Gasteiger partial charge in [0.25, 0.3) is 5.91 Å². The molecule has 3 rings (SSSR count). The molecule has 1 heterocycles. The highest BCUT2D eigenvalue weighted by Crippen LogP contribution is 2.40. The molecule has 0 spiro atoms. The van der Waals surface area contributed by atoms with Crippen LogP contribution in [0.5, 0.6) is 11.5 Å². The van der Waals surface area contributed by atoms with Gasteiger partial charge in [-0.15, -0.1) is 0 Å². The molecule has 1 amide bonds. The van der Waals surface area contributed by atoms with Crippen LogP contribution in [0.1, 0.15) is 12.0 Å². The van der Waals surface area contributed by atoms with Gasteiger partial charge in [-0.05, 0) is 24.3 Å². The van der Waals surface area contributed by atoms with E-state index in [2.05, 4.69) is 5.10 Å². The highest BCUT2D eigenvalue weighted by Gasteiger charge is 2.53. The molecule has 28 heavy (non-hydrogen) atoms. The fraction of sp³-hybridized carbons (Fsp3) is 0.263. The molecule has 0 aliphatic carbocycles. The standard InChI is InChI=1S/C19H17F3N2O4/c1-27-15-9-5-6-13(10-15)18(26)11-16(19(20,21)22)23-24(18)17(25)12-28-14-7-3-2-4-8-14/h2-10,26H,11-12H2,1H3. The van der Waals surface area contributed by atoms with Crippen LogP contribution in [-0.4, -0.2) is 41.6 Å². The Morgan fingerprint density at radius 3 is 2.50 bits per heavy atom. The first-order valence-corrected chi connectivity index (χ1v) is 8.26. The summed E-state index contributed by atoms with van der Waals surface area (Å²) < 4.78 is 50.0. The average Bonchev–Trinajstić information content (AvgIpc) is 3.06. The monoisotopic (exact) mass is 394 g/mol. The highest BCUT2D eigenvalue weighted by molar-refractivity contribution is 5.94. The number of hydrogen-bond donors (Lipinski definition) is 1. The third kappa shape index (κ3) is 3.94. The summed E-state index contributed by atoms with van der Waals surface area (Å²) in [5, 5.41) is 14.8. The van der Waals surface area contributed by atoms with E-state index < -0.39 is 36.5 Å². The fourth-order valence-electron chi connectivity index (χ4n) is 2.79. The van der Waals surface area contributed by atoms with E-state index >= 15 is 0 Å². The number of rotatable bonds is 5. The lowest BCUT2D eigenvalue weighted by Gasteiger charge is -2.31. The molecule has 1 N–H and O–H groups in total. The molecule has 148 valence electrons. The number of benzene rings is 2. The molecule has 1 aliphatic rings. The summed E-state index contributed by atoms with van der Waals surface area (Å²) in [7, 11) is 1.38. The Hall–Kier alpha value is -3.07. The van der Waals surface area contributed by atoms with Crippen molar-refractivity contribution < 1.29 is 32.5 Å². The minimum absolute atomic E-state index is 0.0444. The topological polar surface area (TPSA) is 71.4 Å². The van der Waals surface area contributed by atoms with Crippen molar-refractivity contribution in [3.05, 3.63) is 60.2 Å². The molecule has 0 radical (unpaired) electrons. The van der Waals surface area contributed by atoms with Crippen molar-refractivity contribution >= 4 is 11.6 Å². The summed E-state index contributed by atoms with van der Waals surface area (Å²) in [6.45, 7) is -0.592. The van der Waals surface area contributed by atoms with Crippen molar-refractivity contribution in [1.82, 2.24) is 5.01 Å². The van der Waals surface area contributed by atoms with Gasteiger partial charge in [0, 0.05) is 5.56 Å². The van der Waals surface area contributed by atoms with Crippen molar-refractivity contribution in [2.45, 2.75) is 18.3 Å². The number of hydrogen-bond acceptors (Lipinski definition) is 5. The van der Waals surface area contributed by atoms with Crippen LogP contribution in [0.15, 0.2) is 59.7 Å². The molecule has 2 aromatic rings. The number of alkyl halides is 3. The Morgan fingerprint density at radius 2 is 1.86 bits per heavy atom. The number of ether oxygens (including phenoxy) is 2. The van der Waals surface area contributed by atoms with Crippen LogP contribution in [0.4, 0.5) is 13.2 Å². The molecule has 0 saturated carbocycles. The third-order valence-corrected chi connectivity index (χ3v) is 4.19. The second-order valence-electron chi connectivity index (χ2n) is 6.08. The first-order chi connectivity index (χ1) is 13.2. The predicted molar refractivity (Wildman–Crippen MR) is 93.8 cm³/mol. The molecule has 1 aliphatic heterocycles. The quantitative estimate of drug-likeness (QED) is 0.846. The van der Waals surface area contributed by atoms with Crippen molar-refractivity contribution in [1.29, 1.82) is 0 Å². The first kappa shape index (κ1) is 19.7. The molecule has 1 unspecified atom stereocenters. The maximum atomic E-state index is 13.2. The van der Waals surface area contributed by atoms with Gasteiger partial charge in [0.1, 0.15) is 17.2 Å². The van der Waals surface area contributed by atoms with Gasteiger partial charge in [0.2, 0.25) is 0 Å². The van der Waals surface area contributed by atoms with Gasteiger partial charge in [-0.1, -0.05) is 30.3 Å². The Kier molecular flexibility index (Phi) is 5.28. The van der Waals surface area contributed by atoms with E-state index in [0.29, 0.717) is 16.5 Å². The number of para-hydroxylation sites is 1. The van der Waals surface area contributed by atoms with Crippen molar-refractivity contribution in [3.8, 4) is 11.5 Å². The van der Waals surface area contributed by atoms with Crippen LogP contribution in [0.25, 0.3) is 0 Å². The second kappa shape index (κ2) is 7.51. The normalized spacial score (nSPS) is 19.3. The van der Waals surface area contributed by atoms with Crippen LogP contribution >= 0.6 is 0 Å². The van der Waals surface area contributed by atoms with Gasteiger partial charge in [0.15, 0.2) is 12.3 Å². The molecule has 0 bridgehead atoms. The molecule has 0 fully saturated rings. The van der Waals surface area contributed by atoms with Crippen molar-refractivity contribution in [2.24, 2.45) is 5.10 Å². The average molecular weight is 394 g/mol. The number of halogens is 3. The maximum Gasteiger partial charge on any atom is 0.431 e. The SMILES string of the molecule is COc1cccc(C2(O)CC(C(F)(F)F)=NN2C(=O)COc2ccccc2)c1. The van der Waals surface area contributed by atoms with E-state index in [0.717, 1.165) is 0 Å². The number of nitrogens with zero attached hydrogens (tertiary/aromatic N) is 2. The van der Waals surface area contributed by atoms with Crippen LogP contribution in [-0.2, 0) is 10.5 Å². The van der Waals surface area contributed by atoms with E-state index in [9.17, 15) is 23.1 Å². The minimum atomic E-state index is -4.79. The van der Waals surface area contributed by atoms with Crippen LogP contribution in [0.3, 0.4) is 0 Å². The van der Waals surface area contributed by atoms with E-state index in [1.807, 2.05) is 0 Å². The summed E-state index contributed by atoms with van der Waals surface area (Å²) in [5.41, 5.74) is -3.52. The Morgan fingerprint density at radius 1 is 1.18 bits per heavy atom. The molecular formula is C19H17F3N2O4. The van der Waals surface area contributed by atoms with Crippen molar-refractivity contribution in [2.75, 3.05) is 13.7 Å². The molecule has 6 nitrogen and oxygen atoms in total. The number of carbonyl (C=O) groups excluding carboxylic acids is 1. The zero-order valence-corrected chi connectivity index (χ0v) is 14.8. The zero-order chi connectivity index (χ0) is 20.4. The number of methoxy groups -OCH3 is 1. The lowest BCUT2D eigenvalue weighted by atomic mass is 9.96. The molecule has 0 aromatic heterocycles. The maximum absolute atomic E-state index is 13.2. The smallest absolute Gasteiger partial charge is 0.431 e. The van der Waals surface area contributed by atoms with E-state index in [1.165, 1.54) is 25.3 Å². The van der Waals surface area contributed by atoms with Gasteiger partial charge in [-0.25, -0.2) is 0 Å².